The molecule has 0 heterocycles. The van der Waals surface area contributed by atoms with Crippen molar-refractivity contribution in [3.05, 3.63) is 29.6 Å². The topological polar surface area (TPSA) is 26.0 Å². The Bertz CT molecular complexity index is 299. The molecule has 0 unspecified atom stereocenters. The molecule has 1 nitrogen and oxygen atoms in total. The van der Waals surface area contributed by atoms with Gasteiger partial charge in [-0.15, -0.1) is 0 Å². The Kier molecular flexibility index (Phi) is 2.60. The van der Waals surface area contributed by atoms with Gasteiger partial charge in [-0.25, -0.2) is 4.39 Å². The third-order valence-electron chi connectivity index (χ3n) is 1.86. The second-order valence-corrected chi connectivity index (χ2v) is 4.55. The summed E-state index contributed by atoms with van der Waals surface area (Å²) in [5, 5.41) is 0. The Hall–Kier alpha value is -1.05. The summed E-state index contributed by atoms with van der Waals surface area (Å²) in [5.74, 6) is -0.318. The summed E-state index contributed by atoms with van der Waals surface area (Å²) < 4.78 is 13.0. The monoisotopic (exact) mass is 181 g/mol. The summed E-state index contributed by atoms with van der Waals surface area (Å²) in [4.78, 5) is 0. The Morgan fingerprint density at radius 1 is 1.31 bits per heavy atom. The van der Waals surface area contributed by atoms with E-state index in [0.29, 0.717) is 0 Å². The highest BCUT2D eigenvalue weighted by atomic mass is 19.1. The van der Waals surface area contributed by atoms with Gasteiger partial charge in [-0.05, 0) is 23.5 Å². The van der Waals surface area contributed by atoms with Gasteiger partial charge in [0.1, 0.15) is 5.82 Å². The summed E-state index contributed by atoms with van der Waals surface area (Å²) in [6.07, 6.45) is 0.802. The van der Waals surface area contributed by atoms with Crippen molar-refractivity contribution < 1.29 is 4.39 Å². The largest absolute Gasteiger partial charge is 0.396 e. The molecule has 2 heteroatoms. The third-order valence-corrected chi connectivity index (χ3v) is 1.86. The van der Waals surface area contributed by atoms with E-state index in [-0.39, 0.29) is 16.9 Å². The van der Waals surface area contributed by atoms with Crippen LogP contribution in [0.2, 0.25) is 0 Å². The number of para-hydroxylation sites is 1. The minimum Gasteiger partial charge on any atom is -0.396 e. The lowest BCUT2D eigenvalue weighted by Gasteiger charge is -2.19. The van der Waals surface area contributed by atoms with Gasteiger partial charge in [0.05, 0.1) is 5.69 Å². The van der Waals surface area contributed by atoms with Crippen LogP contribution in [0.3, 0.4) is 0 Å². The van der Waals surface area contributed by atoms with E-state index in [1.807, 2.05) is 6.07 Å². The van der Waals surface area contributed by atoms with Crippen LogP contribution in [0, 0.1) is 11.2 Å². The minimum atomic E-state index is -0.318. The molecule has 1 aromatic carbocycles. The maximum atomic E-state index is 13.0. The van der Waals surface area contributed by atoms with Gasteiger partial charge in [0.25, 0.3) is 0 Å². The fraction of sp³-hybridized carbons (Fsp3) is 0.455. The molecule has 1 aromatic rings. The molecule has 0 atom stereocenters. The molecule has 0 aliphatic rings. The number of rotatable bonds is 1. The predicted octanol–water partition coefficient (Wildman–Crippen LogP) is 3.00. The second kappa shape index (κ2) is 3.36. The number of benzene rings is 1. The van der Waals surface area contributed by atoms with Crippen molar-refractivity contribution in [2.75, 3.05) is 5.73 Å². The highest BCUT2D eigenvalue weighted by molar-refractivity contribution is 5.48. The number of nitrogen functional groups attached to an aromatic ring is 1. The molecule has 0 bridgehead atoms. The zero-order valence-electron chi connectivity index (χ0n) is 8.39. The second-order valence-electron chi connectivity index (χ2n) is 4.55. The molecule has 0 aliphatic carbocycles. The molecule has 0 aromatic heterocycles. The molecule has 0 aliphatic heterocycles. The number of anilines is 1. The molecule has 13 heavy (non-hydrogen) atoms. The van der Waals surface area contributed by atoms with Crippen LogP contribution in [0.5, 0.6) is 0 Å². The maximum Gasteiger partial charge on any atom is 0.146 e. The van der Waals surface area contributed by atoms with Gasteiger partial charge in [-0.1, -0.05) is 32.9 Å². The van der Waals surface area contributed by atoms with Crippen molar-refractivity contribution in [3.8, 4) is 0 Å². The fourth-order valence-electron chi connectivity index (χ4n) is 1.31. The van der Waals surface area contributed by atoms with E-state index in [4.69, 9.17) is 5.73 Å². The molecule has 72 valence electrons. The van der Waals surface area contributed by atoms with Crippen molar-refractivity contribution in [1.82, 2.24) is 0 Å². The molecule has 1 rings (SSSR count). The zero-order chi connectivity index (χ0) is 10.1. The normalized spacial score (nSPS) is 11.7. The van der Waals surface area contributed by atoms with Gasteiger partial charge < -0.3 is 5.73 Å². The van der Waals surface area contributed by atoms with Crippen LogP contribution in [-0.4, -0.2) is 0 Å². The average molecular weight is 181 g/mol. The van der Waals surface area contributed by atoms with E-state index in [1.54, 1.807) is 6.07 Å². The Morgan fingerprint density at radius 2 is 1.92 bits per heavy atom. The number of hydrogen-bond acceptors (Lipinski definition) is 1. The Morgan fingerprint density at radius 3 is 2.46 bits per heavy atom. The Balaban J connectivity index is 2.96. The van der Waals surface area contributed by atoms with E-state index in [2.05, 4.69) is 20.8 Å². The third kappa shape index (κ3) is 2.72. The summed E-state index contributed by atoms with van der Waals surface area (Å²) in [6.45, 7) is 6.33. The van der Waals surface area contributed by atoms with Gasteiger partial charge in [0.15, 0.2) is 0 Å². The van der Waals surface area contributed by atoms with Crippen molar-refractivity contribution >= 4 is 5.69 Å². The van der Waals surface area contributed by atoms with Gasteiger partial charge in [0.2, 0.25) is 0 Å². The molecular weight excluding hydrogens is 165 g/mol. The first kappa shape index (κ1) is 10.0. The SMILES string of the molecule is CC(C)(C)Cc1cccc(F)c1N. The fourth-order valence-corrected chi connectivity index (χ4v) is 1.31. The van der Waals surface area contributed by atoms with Gasteiger partial charge >= 0.3 is 0 Å². The summed E-state index contributed by atoms with van der Waals surface area (Å²) in [6, 6.07) is 4.97. The van der Waals surface area contributed by atoms with E-state index >= 15 is 0 Å². The first-order valence-electron chi connectivity index (χ1n) is 4.43. The molecule has 2 N–H and O–H groups in total. The van der Waals surface area contributed by atoms with E-state index in [9.17, 15) is 4.39 Å². The smallest absolute Gasteiger partial charge is 0.146 e. The quantitative estimate of drug-likeness (QED) is 0.662. The molecule has 0 fully saturated rings. The van der Waals surface area contributed by atoms with Crippen LogP contribution in [0.1, 0.15) is 26.3 Å². The lowest BCUT2D eigenvalue weighted by Crippen LogP contribution is -2.11. The lowest BCUT2D eigenvalue weighted by molar-refractivity contribution is 0.411. The number of halogens is 1. The number of hydrogen-bond donors (Lipinski definition) is 1. The van der Waals surface area contributed by atoms with Gasteiger partial charge in [-0.2, -0.15) is 0 Å². The molecule has 0 amide bonds. The highest BCUT2D eigenvalue weighted by Crippen LogP contribution is 2.25. The van der Waals surface area contributed by atoms with Crippen LogP contribution in [-0.2, 0) is 6.42 Å². The molecule has 0 saturated heterocycles. The molecule has 0 radical (unpaired) electrons. The van der Waals surface area contributed by atoms with Crippen LogP contribution in [0.15, 0.2) is 18.2 Å². The van der Waals surface area contributed by atoms with E-state index < -0.39 is 0 Å². The first-order valence-corrected chi connectivity index (χ1v) is 4.43. The zero-order valence-corrected chi connectivity index (χ0v) is 8.39. The predicted molar refractivity (Wildman–Crippen MR) is 54.0 cm³/mol. The van der Waals surface area contributed by atoms with Crippen LogP contribution >= 0.6 is 0 Å². The maximum absolute atomic E-state index is 13.0. The van der Waals surface area contributed by atoms with E-state index in [0.717, 1.165) is 12.0 Å². The standard InChI is InChI=1S/C11H16FN/c1-11(2,3)7-8-5-4-6-9(12)10(8)13/h4-6H,7,13H2,1-3H3. The average Bonchev–Trinajstić information content (AvgIpc) is 1.96. The van der Waals surface area contributed by atoms with Gasteiger partial charge in [0, 0.05) is 0 Å². The Labute approximate surface area is 78.8 Å². The molecule has 0 spiro atoms. The van der Waals surface area contributed by atoms with Crippen molar-refractivity contribution in [2.45, 2.75) is 27.2 Å². The highest BCUT2D eigenvalue weighted by Gasteiger charge is 2.14. The van der Waals surface area contributed by atoms with E-state index in [1.165, 1.54) is 6.07 Å². The van der Waals surface area contributed by atoms with Crippen molar-refractivity contribution in [2.24, 2.45) is 5.41 Å². The minimum absolute atomic E-state index is 0.141. The van der Waals surface area contributed by atoms with Crippen LogP contribution < -0.4 is 5.73 Å². The molecular formula is C11H16FN. The van der Waals surface area contributed by atoms with Crippen molar-refractivity contribution in [3.63, 3.8) is 0 Å². The van der Waals surface area contributed by atoms with Crippen molar-refractivity contribution in [1.29, 1.82) is 0 Å². The molecule has 0 saturated carbocycles. The van der Waals surface area contributed by atoms with Crippen LogP contribution in [0.25, 0.3) is 0 Å². The lowest BCUT2D eigenvalue weighted by atomic mass is 9.87. The van der Waals surface area contributed by atoms with Gasteiger partial charge in [-0.3, -0.25) is 0 Å². The summed E-state index contributed by atoms with van der Waals surface area (Å²) in [7, 11) is 0. The van der Waals surface area contributed by atoms with Crippen LogP contribution in [0.4, 0.5) is 10.1 Å². The first-order chi connectivity index (χ1) is 5.90. The number of nitrogens with two attached hydrogens (primary N) is 1. The summed E-state index contributed by atoms with van der Waals surface area (Å²) in [5.41, 5.74) is 6.94. The summed E-state index contributed by atoms with van der Waals surface area (Å²) >= 11 is 0.